The number of amides is 4. The van der Waals surface area contributed by atoms with E-state index in [1.807, 2.05) is 6.92 Å². The fourth-order valence-electron chi connectivity index (χ4n) is 6.70. The molecule has 1 aliphatic heterocycles. The van der Waals surface area contributed by atoms with Crippen LogP contribution in [0.25, 0.3) is 0 Å². The number of Topliss-reactive ketones (excluding diaryl/α,β-unsaturated/α-hetero) is 2. The Morgan fingerprint density at radius 1 is 0.944 bits per heavy atom. The second-order valence-corrected chi connectivity index (χ2v) is 13.9. The molecule has 0 saturated carbocycles. The highest BCUT2D eigenvalue weighted by molar-refractivity contribution is 6.38. The number of nitrogens with zero attached hydrogens (tertiary/aromatic N) is 3. The van der Waals surface area contributed by atoms with Gasteiger partial charge in [-0.05, 0) is 44.1 Å². The minimum absolute atomic E-state index is 0.0505. The van der Waals surface area contributed by atoms with Gasteiger partial charge in [0.25, 0.3) is 5.91 Å². The van der Waals surface area contributed by atoms with Crippen molar-refractivity contribution in [3.05, 3.63) is 60.2 Å². The average Bonchev–Trinajstić information content (AvgIpc) is 3.60. The Labute approximate surface area is 316 Å². The minimum Gasteiger partial charge on any atom is -0.480 e. The molecule has 2 heterocycles. The van der Waals surface area contributed by atoms with Crippen LogP contribution in [0.3, 0.4) is 0 Å². The van der Waals surface area contributed by atoms with Gasteiger partial charge in [-0.15, -0.1) is 0 Å². The number of carbonyl (C=O) groups is 7. The summed E-state index contributed by atoms with van der Waals surface area (Å²) in [6.45, 7) is 11.0. The number of hydrogen-bond donors (Lipinski definition) is 4. The van der Waals surface area contributed by atoms with Crippen LogP contribution < -0.4 is 16.0 Å². The van der Waals surface area contributed by atoms with Gasteiger partial charge in [0.15, 0.2) is 5.78 Å². The highest BCUT2D eigenvalue weighted by atomic mass is 16.5. The van der Waals surface area contributed by atoms with Crippen molar-refractivity contribution in [3.63, 3.8) is 0 Å². The van der Waals surface area contributed by atoms with E-state index >= 15 is 0 Å². The van der Waals surface area contributed by atoms with Gasteiger partial charge in [0.2, 0.25) is 23.5 Å². The molecule has 0 aliphatic carbocycles. The zero-order chi connectivity index (χ0) is 39.9. The predicted octanol–water partition coefficient (Wildman–Crippen LogP) is 2.52. The Balaban J connectivity index is 1.82. The van der Waals surface area contributed by atoms with E-state index in [0.29, 0.717) is 24.8 Å². The Kier molecular flexibility index (Phi) is 16.9. The van der Waals surface area contributed by atoms with Crippen molar-refractivity contribution in [1.82, 2.24) is 30.8 Å². The van der Waals surface area contributed by atoms with Crippen molar-refractivity contribution in [1.29, 1.82) is 0 Å². The van der Waals surface area contributed by atoms with Crippen molar-refractivity contribution < 1.29 is 43.4 Å². The zero-order valence-corrected chi connectivity index (χ0v) is 31.9. The number of ether oxygens (including phenoxy) is 1. The SMILES string of the molecule is CCCC(NC(=O)[C@@H]1[C@@H](CC)CCN1C(=O)[C@@H](NC(=O)[C@@H](CC(=O)c1cnccn1)C(C)C)[C@@H](C)OCC)C(=O)C(=O)N[C@@H](Cc1ccccc1)C(=O)O. The minimum atomic E-state index is -1.38. The third-order valence-electron chi connectivity index (χ3n) is 9.78. The van der Waals surface area contributed by atoms with E-state index in [4.69, 9.17) is 4.74 Å². The topological polar surface area (TPSA) is 214 Å². The monoisotopic (exact) mass is 750 g/mol. The quantitative estimate of drug-likeness (QED) is 0.107. The number of ketones is 2. The molecule has 54 heavy (non-hydrogen) atoms. The van der Waals surface area contributed by atoms with E-state index in [9.17, 15) is 38.7 Å². The van der Waals surface area contributed by atoms with Gasteiger partial charge in [0.05, 0.1) is 18.3 Å². The first-order valence-electron chi connectivity index (χ1n) is 18.7. The van der Waals surface area contributed by atoms with Gasteiger partial charge in [0, 0.05) is 44.3 Å². The molecule has 1 fully saturated rings. The van der Waals surface area contributed by atoms with E-state index in [1.54, 1.807) is 65.0 Å². The summed E-state index contributed by atoms with van der Waals surface area (Å²) < 4.78 is 5.79. The molecule has 1 aliphatic rings. The Morgan fingerprint density at radius 2 is 1.65 bits per heavy atom. The molecular weight excluding hydrogens is 696 g/mol. The van der Waals surface area contributed by atoms with Crippen LogP contribution in [0.1, 0.15) is 89.7 Å². The van der Waals surface area contributed by atoms with Crippen LogP contribution in [0.5, 0.6) is 0 Å². The number of rotatable bonds is 21. The van der Waals surface area contributed by atoms with Gasteiger partial charge >= 0.3 is 5.97 Å². The third kappa shape index (κ3) is 11.7. The first-order valence-corrected chi connectivity index (χ1v) is 18.7. The second-order valence-electron chi connectivity index (χ2n) is 13.9. The maximum atomic E-state index is 14.4. The standard InChI is InChI=1S/C39H54N6O9/c1-7-13-28(34(47)37(50)43-29(39(52)53)20-25-14-11-10-12-15-25)42-36(49)33-26(8-2)16-19-45(33)38(51)32(24(6)54-9-3)44-35(48)27(23(4)5)21-31(46)30-22-40-17-18-41-30/h10-12,14-15,17-18,22-24,26-29,32-33H,7-9,13,16,19-21H2,1-6H3,(H,42,49)(H,43,50)(H,44,48)(H,52,53)/t24-,26+,27+,28?,29+,32+,33+/m1/s1. The lowest BCUT2D eigenvalue weighted by Gasteiger charge is -2.34. The maximum absolute atomic E-state index is 14.4. The molecule has 1 aromatic carbocycles. The molecule has 0 spiro atoms. The largest absolute Gasteiger partial charge is 0.480 e. The molecule has 1 unspecified atom stereocenters. The van der Waals surface area contributed by atoms with E-state index in [2.05, 4.69) is 25.9 Å². The summed E-state index contributed by atoms with van der Waals surface area (Å²) in [5.41, 5.74) is 0.769. The van der Waals surface area contributed by atoms with E-state index in [0.717, 1.165) is 0 Å². The lowest BCUT2D eigenvalue weighted by Crippen LogP contribution is -2.60. The number of hydrogen-bond acceptors (Lipinski definition) is 10. The Hall–Kier alpha value is -5.05. The molecule has 0 radical (unpaired) electrons. The fraction of sp³-hybridized carbons (Fsp3) is 0.564. The summed E-state index contributed by atoms with van der Waals surface area (Å²) in [6.07, 6.45) is 4.62. The van der Waals surface area contributed by atoms with Crippen molar-refractivity contribution in [2.45, 2.75) is 110 Å². The molecule has 15 heteroatoms. The smallest absolute Gasteiger partial charge is 0.326 e. The number of carboxylic acid groups (broad SMARTS) is 1. The van der Waals surface area contributed by atoms with Gasteiger partial charge in [-0.2, -0.15) is 0 Å². The molecule has 0 bridgehead atoms. The van der Waals surface area contributed by atoms with Crippen molar-refractivity contribution in [2.24, 2.45) is 17.8 Å². The van der Waals surface area contributed by atoms with Crippen molar-refractivity contribution >= 4 is 41.2 Å². The number of carbonyl (C=O) groups excluding carboxylic acids is 6. The number of carboxylic acids is 1. The van der Waals surface area contributed by atoms with Gasteiger partial charge in [-0.3, -0.25) is 33.8 Å². The van der Waals surface area contributed by atoms with Crippen LogP contribution >= 0.6 is 0 Å². The lowest BCUT2D eigenvalue weighted by atomic mass is 9.88. The molecule has 2 aromatic rings. The normalized spacial score (nSPS) is 18.2. The lowest BCUT2D eigenvalue weighted by molar-refractivity contribution is -0.147. The zero-order valence-electron chi connectivity index (χ0n) is 31.9. The summed E-state index contributed by atoms with van der Waals surface area (Å²) in [5.74, 6) is -6.98. The van der Waals surface area contributed by atoms with Crippen LogP contribution in [-0.2, 0) is 39.9 Å². The number of likely N-dealkylation sites (tertiary alicyclic amines) is 1. The van der Waals surface area contributed by atoms with Crippen molar-refractivity contribution in [3.8, 4) is 0 Å². The summed E-state index contributed by atoms with van der Waals surface area (Å²) in [6, 6.07) is 3.74. The van der Waals surface area contributed by atoms with Crippen LogP contribution in [0, 0.1) is 17.8 Å². The molecular formula is C39H54N6O9. The van der Waals surface area contributed by atoms with E-state index in [1.165, 1.54) is 23.5 Å². The summed E-state index contributed by atoms with van der Waals surface area (Å²) in [7, 11) is 0. The molecule has 4 N–H and O–H groups in total. The van der Waals surface area contributed by atoms with E-state index < -0.39 is 71.6 Å². The molecule has 7 atom stereocenters. The van der Waals surface area contributed by atoms with Crippen molar-refractivity contribution in [2.75, 3.05) is 13.2 Å². The summed E-state index contributed by atoms with van der Waals surface area (Å²) >= 11 is 0. The highest BCUT2D eigenvalue weighted by Gasteiger charge is 2.46. The molecule has 15 nitrogen and oxygen atoms in total. The number of benzene rings is 1. The number of aliphatic carboxylic acids is 1. The fourth-order valence-corrected chi connectivity index (χ4v) is 6.70. The third-order valence-corrected chi connectivity index (χ3v) is 9.78. The van der Waals surface area contributed by atoms with Crippen LogP contribution in [0.15, 0.2) is 48.9 Å². The van der Waals surface area contributed by atoms with Gasteiger partial charge < -0.3 is 30.7 Å². The number of aromatic nitrogens is 2. The summed E-state index contributed by atoms with van der Waals surface area (Å²) in [4.78, 5) is 103. The average molecular weight is 751 g/mol. The van der Waals surface area contributed by atoms with Crippen LogP contribution in [-0.4, -0.2) is 105 Å². The van der Waals surface area contributed by atoms with Gasteiger partial charge in [-0.1, -0.05) is 70.9 Å². The molecule has 1 saturated heterocycles. The first-order chi connectivity index (χ1) is 25.7. The van der Waals surface area contributed by atoms with Crippen LogP contribution in [0.2, 0.25) is 0 Å². The Morgan fingerprint density at radius 3 is 2.22 bits per heavy atom. The van der Waals surface area contributed by atoms with E-state index in [-0.39, 0.29) is 55.7 Å². The molecule has 294 valence electrons. The van der Waals surface area contributed by atoms with Gasteiger partial charge in [0.1, 0.15) is 23.8 Å². The highest BCUT2D eigenvalue weighted by Crippen LogP contribution is 2.29. The Bertz CT molecular complexity index is 1610. The number of nitrogens with one attached hydrogen (secondary N) is 3. The summed E-state index contributed by atoms with van der Waals surface area (Å²) in [5, 5.41) is 17.6. The van der Waals surface area contributed by atoms with Crippen LogP contribution in [0.4, 0.5) is 0 Å². The van der Waals surface area contributed by atoms with Gasteiger partial charge in [-0.25, -0.2) is 9.78 Å². The molecule has 4 amide bonds. The first kappa shape index (κ1) is 43.4. The second kappa shape index (κ2) is 21.0. The maximum Gasteiger partial charge on any atom is 0.326 e. The predicted molar refractivity (Wildman–Crippen MR) is 198 cm³/mol. The molecule has 3 rings (SSSR count). The molecule has 1 aromatic heterocycles.